The molecule has 0 aliphatic heterocycles. The Kier molecular flexibility index (Phi) is 5.61. The number of ether oxygens (including phenoxy) is 1. The zero-order chi connectivity index (χ0) is 17.8. The molecule has 3 aromatic rings. The van der Waals surface area contributed by atoms with Gasteiger partial charge in [-0.25, -0.2) is 4.98 Å². The maximum atomic E-state index is 5.62. The number of rotatable bonds is 6. The molecule has 0 aliphatic rings. The Morgan fingerprint density at radius 2 is 1.76 bits per heavy atom. The predicted octanol–water partition coefficient (Wildman–Crippen LogP) is 4.87. The van der Waals surface area contributed by atoms with Crippen LogP contribution < -0.4 is 4.74 Å². The first kappa shape index (κ1) is 17.8. The van der Waals surface area contributed by atoms with E-state index in [2.05, 4.69) is 56.3 Å². The van der Waals surface area contributed by atoms with E-state index < -0.39 is 0 Å². The second kappa shape index (κ2) is 7.89. The second-order valence-electron chi connectivity index (χ2n) is 6.29. The van der Waals surface area contributed by atoms with Gasteiger partial charge in [-0.2, -0.15) is 0 Å². The molecule has 130 valence electrons. The van der Waals surface area contributed by atoms with Crippen LogP contribution in [0, 0.1) is 6.92 Å². The molecule has 25 heavy (non-hydrogen) atoms. The summed E-state index contributed by atoms with van der Waals surface area (Å²) in [5.74, 6) is 1.89. The van der Waals surface area contributed by atoms with Gasteiger partial charge in [0.25, 0.3) is 0 Å². The summed E-state index contributed by atoms with van der Waals surface area (Å²) in [5, 5.41) is 2.27. The number of fused-ring (bicyclic) bond motifs is 1. The van der Waals surface area contributed by atoms with Crippen molar-refractivity contribution >= 4 is 22.7 Å². The lowest BCUT2D eigenvalue weighted by Crippen LogP contribution is -2.15. The number of nitrogens with zero attached hydrogens (tertiary/aromatic N) is 2. The Hall–Kier alpha value is -2.04. The molecule has 0 amide bonds. The lowest BCUT2D eigenvalue weighted by atomic mass is 9.98. The molecule has 0 bridgehead atoms. The summed E-state index contributed by atoms with van der Waals surface area (Å²) in [7, 11) is 5.92. The van der Waals surface area contributed by atoms with Crippen molar-refractivity contribution in [3.63, 3.8) is 0 Å². The lowest BCUT2D eigenvalue weighted by molar-refractivity contribution is 0.416. The first-order chi connectivity index (χ1) is 12.1. The van der Waals surface area contributed by atoms with E-state index in [1.54, 1.807) is 7.11 Å². The summed E-state index contributed by atoms with van der Waals surface area (Å²) < 4.78 is 5.62. The minimum absolute atomic E-state index is 0.886. The highest BCUT2D eigenvalue weighted by Gasteiger charge is 2.17. The molecule has 0 N–H and O–H groups in total. The van der Waals surface area contributed by atoms with Crippen molar-refractivity contribution in [1.82, 2.24) is 9.88 Å². The van der Waals surface area contributed by atoms with Gasteiger partial charge < -0.3 is 9.64 Å². The normalized spacial score (nSPS) is 11.2. The van der Waals surface area contributed by atoms with E-state index in [4.69, 9.17) is 9.72 Å². The highest BCUT2D eigenvalue weighted by Crippen LogP contribution is 2.40. The third-order valence-corrected chi connectivity index (χ3v) is 5.23. The van der Waals surface area contributed by atoms with Gasteiger partial charge >= 0.3 is 0 Å². The Labute approximate surface area is 154 Å². The SMILES string of the molecule is COc1ccccc1-c1c(SCCN(C)C)nc2ccccc2c1C. The molecule has 2 aromatic carbocycles. The number of hydrogen-bond acceptors (Lipinski definition) is 4. The van der Waals surface area contributed by atoms with Gasteiger partial charge in [0, 0.05) is 28.8 Å². The third-order valence-electron chi connectivity index (χ3n) is 4.27. The van der Waals surface area contributed by atoms with E-state index in [0.29, 0.717) is 0 Å². The standard InChI is InChI=1S/C21H24N2OS/c1-15-16-9-5-7-11-18(16)22-21(25-14-13-23(2)3)20(15)17-10-6-8-12-19(17)24-4/h5-12H,13-14H2,1-4H3. The van der Waals surface area contributed by atoms with Crippen LogP contribution >= 0.6 is 11.8 Å². The van der Waals surface area contributed by atoms with Crippen LogP contribution in [-0.2, 0) is 0 Å². The second-order valence-corrected chi connectivity index (χ2v) is 7.37. The van der Waals surface area contributed by atoms with Gasteiger partial charge in [0.05, 0.1) is 12.6 Å². The first-order valence-corrected chi connectivity index (χ1v) is 9.40. The van der Waals surface area contributed by atoms with Crippen molar-refractivity contribution in [3.8, 4) is 16.9 Å². The number of aryl methyl sites for hydroxylation is 1. The van der Waals surface area contributed by atoms with Gasteiger partial charge in [-0.3, -0.25) is 0 Å². The molecule has 0 unspecified atom stereocenters. The maximum absolute atomic E-state index is 5.62. The smallest absolute Gasteiger partial charge is 0.126 e. The Morgan fingerprint density at radius 3 is 2.52 bits per heavy atom. The van der Waals surface area contributed by atoms with E-state index in [1.807, 2.05) is 30.0 Å². The molecule has 0 aliphatic carbocycles. The largest absolute Gasteiger partial charge is 0.496 e. The molecule has 0 fully saturated rings. The molecular formula is C21H24N2OS. The third kappa shape index (κ3) is 3.80. The van der Waals surface area contributed by atoms with Crippen molar-refractivity contribution in [1.29, 1.82) is 0 Å². The van der Waals surface area contributed by atoms with Crippen LogP contribution in [0.1, 0.15) is 5.56 Å². The number of methoxy groups -OCH3 is 1. The number of benzene rings is 2. The minimum atomic E-state index is 0.886. The molecule has 0 saturated carbocycles. The van der Waals surface area contributed by atoms with Crippen LogP contribution in [0.25, 0.3) is 22.0 Å². The van der Waals surface area contributed by atoms with Crippen molar-refractivity contribution in [2.75, 3.05) is 33.5 Å². The summed E-state index contributed by atoms with van der Waals surface area (Å²) in [6.45, 7) is 3.20. The van der Waals surface area contributed by atoms with Crippen LogP contribution in [0.4, 0.5) is 0 Å². The average molecular weight is 353 g/mol. The molecule has 0 spiro atoms. The summed E-state index contributed by atoms with van der Waals surface area (Å²) in [5.41, 5.74) is 4.58. The Balaban J connectivity index is 2.18. The molecule has 0 radical (unpaired) electrons. The van der Waals surface area contributed by atoms with Crippen molar-refractivity contribution < 1.29 is 4.74 Å². The van der Waals surface area contributed by atoms with Crippen LogP contribution in [0.15, 0.2) is 53.6 Å². The van der Waals surface area contributed by atoms with Crippen LogP contribution in [-0.4, -0.2) is 43.4 Å². The molecule has 3 nitrogen and oxygen atoms in total. The van der Waals surface area contributed by atoms with E-state index >= 15 is 0 Å². The molecule has 3 rings (SSSR count). The van der Waals surface area contributed by atoms with Gasteiger partial charge in [-0.15, -0.1) is 11.8 Å². The number of hydrogen-bond donors (Lipinski definition) is 0. The summed E-state index contributed by atoms with van der Waals surface area (Å²) in [6.07, 6.45) is 0. The summed E-state index contributed by atoms with van der Waals surface area (Å²) in [4.78, 5) is 7.17. The van der Waals surface area contributed by atoms with E-state index in [-0.39, 0.29) is 0 Å². The van der Waals surface area contributed by atoms with Gasteiger partial charge in [-0.1, -0.05) is 36.4 Å². The fourth-order valence-corrected chi connectivity index (χ4v) is 4.17. The summed E-state index contributed by atoms with van der Waals surface area (Å²) >= 11 is 1.81. The van der Waals surface area contributed by atoms with Gasteiger partial charge in [-0.05, 0) is 38.7 Å². The van der Waals surface area contributed by atoms with Crippen LogP contribution in [0.3, 0.4) is 0 Å². The van der Waals surface area contributed by atoms with Crippen LogP contribution in [0.2, 0.25) is 0 Å². The lowest BCUT2D eigenvalue weighted by Gasteiger charge is -2.17. The zero-order valence-electron chi connectivity index (χ0n) is 15.2. The van der Waals surface area contributed by atoms with Gasteiger partial charge in [0.2, 0.25) is 0 Å². The molecule has 1 aromatic heterocycles. The topological polar surface area (TPSA) is 25.4 Å². The predicted molar refractivity (Wildman–Crippen MR) is 108 cm³/mol. The monoisotopic (exact) mass is 352 g/mol. The highest BCUT2D eigenvalue weighted by molar-refractivity contribution is 7.99. The van der Waals surface area contributed by atoms with Crippen LogP contribution in [0.5, 0.6) is 5.75 Å². The number of aromatic nitrogens is 1. The molecule has 0 atom stereocenters. The van der Waals surface area contributed by atoms with Crippen molar-refractivity contribution in [3.05, 3.63) is 54.1 Å². The molecule has 1 heterocycles. The summed E-state index contributed by atoms with van der Waals surface area (Å²) in [6, 6.07) is 16.5. The van der Waals surface area contributed by atoms with Crippen molar-refractivity contribution in [2.45, 2.75) is 11.9 Å². The maximum Gasteiger partial charge on any atom is 0.126 e. The fraction of sp³-hybridized carbons (Fsp3) is 0.286. The van der Waals surface area contributed by atoms with Gasteiger partial charge in [0.1, 0.15) is 10.8 Å². The molecular weight excluding hydrogens is 328 g/mol. The zero-order valence-corrected chi connectivity index (χ0v) is 16.1. The first-order valence-electron chi connectivity index (χ1n) is 8.42. The number of thioether (sulfide) groups is 1. The number of pyridine rings is 1. The molecule has 4 heteroatoms. The minimum Gasteiger partial charge on any atom is -0.496 e. The quantitative estimate of drug-likeness (QED) is 0.591. The van der Waals surface area contributed by atoms with Crippen molar-refractivity contribution in [2.24, 2.45) is 0 Å². The average Bonchev–Trinajstić information content (AvgIpc) is 2.62. The van der Waals surface area contributed by atoms with E-state index in [9.17, 15) is 0 Å². The van der Waals surface area contributed by atoms with Gasteiger partial charge in [0.15, 0.2) is 0 Å². The van der Waals surface area contributed by atoms with E-state index in [0.717, 1.165) is 34.2 Å². The number of para-hydroxylation sites is 2. The van der Waals surface area contributed by atoms with E-state index in [1.165, 1.54) is 16.5 Å². The highest BCUT2D eigenvalue weighted by atomic mass is 32.2. The molecule has 0 saturated heterocycles. The Bertz CT molecular complexity index is 877. The Morgan fingerprint density at radius 1 is 1.04 bits per heavy atom. The fourth-order valence-electron chi connectivity index (χ4n) is 2.95.